The minimum absolute atomic E-state index is 0.0148. The molecule has 2 aliphatic heterocycles. The molecule has 1 atom stereocenters. The van der Waals surface area contributed by atoms with Crippen LogP contribution in [0.25, 0.3) is 0 Å². The first-order chi connectivity index (χ1) is 13.2. The van der Waals surface area contributed by atoms with Crippen LogP contribution in [0.4, 0.5) is 0 Å². The highest BCUT2D eigenvalue weighted by Crippen LogP contribution is 2.23. The summed E-state index contributed by atoms with van der Waals surface area (Å²) in [7, 11) is -3.78. The van der Waals surface area contributed by atoms with Crippen LogP contribution in [0.15, 0.2) is 23.1 Å². The van der Waals surface area contributed by atoms with Crippen molar-refractivity contribution in [3.05, 3.63) is 29.3 Å². The summed E-state index contributed by atoms with van der Waals surface area (Å²) >= 11 is 0. The van der Waals surface area contributed by atoms with Crippen LogP contribution < -0.4 is 10.6 Å². The van der Waals surface area contributed by atoms with Gasteiger partial charge in [0.15, 0.2) is 0 Å². The van der Waals surface area contributed by atoms with Crippen molar-refractivity contribution in [2.75, 3.05) is 32.7 Å². The third-order valence-corrected chi connectivity index (χ3v) is 6.96. The Morgan fingerprint density at radius 3 is 2.43 bits per heavy atom. The number of fused-ring (bicyclic) bond motifs is 1. The lowest BCUT2D eigenvalue weighted by molar-refractivity contribution is -0.123. The Morgan fingerprint density at radius 2 is 1.79 bits per heavy atom. The van der Waals surface area contributed by atoms with E-state index < -0.39 is 21.8 Å². The molecule has 152 valence electrons. The van der Waals surface area contributed by atoms with Crippen LogP contribution in [0.3, 0.4) is 0 Å². The molecule has 9 nitrogen and oxygen atoms in total. The maximum atomic E-state index is 12.9. The number of hydrogen-bond donors (Lipinski definition) is 2. The van der Waals surface area contributed by atoms with Crippen LogP contribution in [0, 0.1) is 0 Å². The molecule has 28 heavy (non-hydrogen) atoms. The third kappa shape index (κ3) is 4.08. The molecular weight excluding hydrogens is 384 g/mol. The van der Waals surface area contributed by atoms with E-state index in [4.69, 9.17) is 0 Å². The van der Waals surface area contributed by atoms with Gasteiger partial charge in [-0.1, -0.05) is 6.92 Å². The number of hydrogen-bond acceptors (Lipinski definition) is 6. The van der Waals surface area contributed by atoms with Gasteiger partial charge in [0.05, 0.1) is 22.6 Å². The topological polar surface area (TPSA) is 116 Å². The second-order valence-electron chi connectivity index (χ2n) is 7.05. The highest BCUT2D eigenvalue weighted by atomic mass is 32.2. The Hall–Kier alpha value is -2.30. The Balaban J connectivity index is 1.64. The molecular formula is C18H24N4O5S. The molecule has 1 aromatic carbocycles. The predicted octanol–water partition coefficient (Wildman–Crippen LogP) is -0.209. The predicted molar refractivity (Wildman–Crippen MR) is 101 cm³/mol. The highest BCUT2D eigenvalue weighted by molar-refractivity contribution is 7.89. The Bertz CT molecular complexity index is 907. The lowest BCUT2D eigenvalue weighted by atomic mass is 10.1. The van der Waals surface area contributed by atoms with E-state index in [1.165, 1.54) is 22.5 Å². The molecule has 0 bridgehead atoms. The van der Waals surface area contributed by atoms with E-state index >= 15 is 0 Å². The van der Waals surface area contributed by atoms with Gasteiger partial charge in [-0.3, -0.25) is 24.6 Å². The van der Waals surface area contributed by atoms with Crippen molar-refractivity contribution in [2.24, 2.45) is 0 Å². The van der Waals surface area contributed by atoms with Gasteiger partial charge < -0.3 is 5.32 Å². The van der Waals surface area contributed by atoms with E-state index in [2.05, 4.69) is 10.6 Å². The Kier molecular flexibility index (Phi) is 5.82. The lowest BCUT2D eigenvalue weighted by Gasteiger charge is -2.33. The monoisotopic (exact) mass is 408 g/mol. The van der Waals surface area contributed by atoms with Crippen molar-refractivity contribution in [1.82, 2.24) is 19.8 Å². The van der Waals surface area contributed by atoms with E-state index in [1.807, 2.05) is 18.7 Å². The fraction of sp³-hybridized carbons (Fsp3) is 0.500. The van der Waals surface area contributed by atoms with E-state index in [-0.39, 0.29) is 47.6 Å². The number of sulfonamides is 1. The fourth-order valence-electron chi connectivity index (χ4n) is 3.21. The van der Waals surface area contributed by atoms with Crippen LogP contribution in [0.1, 0.15) is 41.0 Å². The zero-order valence-corrected chi connectivity index (χ0v) is 16.7. The van der Waals surface area contributed by atoms with Gasteiger partial charge in [0.1, 0.15) is 0 Å². The number of amides is 3. The van der Waals surface area contributed by atoms with Crippen LogP contribution in [0.5, 0.6) is 0 Å². The van der Waals surface area contributed by atoms with Crippen molar-refractivity contribution in [3.8, 4) is 0 Å². The van der Waals surface area contributed by atoms with Gasteiger partial charge in [-0.15, -0.1) is 0 Å². The average Bonchev–Trinajstić information content (AvgIpc) is 2.95. The van der Waals surface area contributed by atoms with Gasteiger partial charge in [0.25, 0.3) is 11.8 Å². The van der Waals surface area contributed by atoms with Gasteiger partial charge in [0, 0.05) is 32.2 Å². The number of imide groups is 1. The molecule has 0 radical (unpaired) electrons. The normalized spacial score (nSPS) is 19.2. The zero-order chi connectivity index (χ0) is 20.5. The second-order valence-corrected chi connectivity index (χ2v) is 8.99. The maximum Gasteiger partial charge on any atom is 0.258 e. The van der Waals surface area contributed by atoms with E-state index in [0.29, 0.717) is 13.1 Å². The quantitative estimate of drug-likeness (QED) is 0.630. The number of nitrogens with one attached hydrogen (secondary N) is 2. The first-order valence-electron chi connectivity index (χ1n) is 9.24. The molecule has 3 amide bonds. The van der Waals surface area contributed by atoms with Crippen molar-refractivity contribution in [1.29, 1.82) is 0 Å². The molecule has 3 rings (SSSR count). The largest absolute Gasteiger partial charge is 0.353 e. The smallest absolute Gasteiger partial charge is 0.258 e. The third-order valence-electron chi connectivity index (χ3n) is 5.06. The molecule has 1 unspecified atom stereocenters. The first kappa shape index (κ1) is 20.4. The summed E-state index contributed by atoms with van der Waals surface area (Å²) in [4.78, 5) is 37.3. The number of benzene rings is 1. The number of carbonyl (C=O) groups is 3. The average molecular weight is 408 g/mol. The number of piperazine rings is 1. The summed E-state index contributed by atoms with van der Waals surface area (Å²) in [6.45, 7) is 5.55. The van der Waals surface area contributed by atoms with Crippen LogP contribution in [0.2, 0.25) is 0 Å². The summed E-state index contributed by atoms with van der Waals surface area (Å²) in [5.41, 5.74) is 0.257. The van der Waals surface area contributed by atoms with Crippen LogP contribution in [-0.2, 0) is 14.8 Å². The van der Waals surface area contributed by atoms with Crippen LogP contribution >= 0.6 is 0 Å². The van der Waals surface area contributed by atoms with Gasteiger partial charge in [0.2, 0.25) is 15.9 Å². The molecule has 10 heteroatoms. The number of nitrogens with zero attached hydrogens (tertiary/aromatic N) is 2. The second kappa shape index (κ2) is 7.98. The molecule has 1 fully saturated rings. The molecule has 0 aromatic heterocycles. The van der Waals surface area contributed by atoms with Crippen LogP contribution in [-0.4, -0.2) is 74.1 Å². The number of carbonyl (C=O) groups excluding carboxylic acids is 3. The van der Waals surface area contributed by atoms with Crippen molar-refractivity contribution in [3.63, 3.8) is 0 Å². The first-order valence-corrected chi connectivity index (χ1v) is 10.7. The molecule has 2 N–H and O–H groups in total. The van der Waals surface area contributed by atoms with Gasteiger partial charge >= 0.3 is 0 Å². The molecule has 1 aromatic rings. The molecule has 1 saturated heterocycles. The lowest BCUT2D eigenvalue weighted by Crippen LogP contribution is -2.51. The summed E-state index contributed by atoms with van der Waals surface area (Å²) in [5.74, 6) is -1.18. The summed E-state index contributed by atoms with van der Waals surface area (Å²) in [5, 5.41) is 5.05. The molecule has 2 heterocycles. The van der Waals surface area contributed by atoms with Gasteiger partial charge in [-0.2, -0.15) is 4.31 Å². The van der Waals surface area contributed by atoms with Gasteiger partial charge in [-0.05, 0) is 31.5 Å². The van der Waals surface area contributed by atoms with E-state index in [1.54, 1.807) is 0 Å². The maximum absolute atomic E-state index is 12.9. The van der Waals surface area contributed by atoms with Crippen molar-refractivity contribution < 1.29 is 22.8 Å². The SMILES string of the molecule is CCC(C)NC(=O)CN1CCN(S(=O)(=O)c2ccc3c(c2)C(=O)NC3=O)CC1. The van der Waals surface area contributed by atoms with E-state index in [0.717, 1.165) is 6.42 Å². The number of rotatable bonds is 6. The fourth-order valence-corrected chi connectivity index (χ4v) is 4.66. The minimum atomic E-state index is -3.78. The summed E-state index contributed by atoms with van der Waals surface area (Å²) < 4.78 is 27.1. The van der Waals surface area contributed by atoms with Gasteiger partial charge in [-0.25, -0.2) is 8.42 Å². The highest BCUT2D eigenvalue weighted by Gasteiger charge is 2.32. The Morgan fingerprint density at radius 1 is 1.14 bits per heavy atom. The summed E-state index contributed by atoms with van der Waals surface area (Å²) in [6, 6.07) is 4.06. The zero-order valence-electron chi connectivity index (χ0n) is 15.9. The van der Waals surface area contributed by atoms with E-state index in [9.17, 15) is 22.8 Å². The molecule has 0 spiro atoms. The molecule has 0 saturated carbocycles. The van der Waals surface area contributed by atoms with Crippen molar-refractivity contribution >= 4 is 27.7 Å². The van der Waals surface area contributed by atoms with Crippen molar-refractivity contribution in [2.45, 2.75) is 31.2 Å². The molecule has 2 aliphatic rings. The molecule has 0 aliphatic carbocycles. The summed E-state index contributed by atoms with van der Waals surface area (Å²) in [6.07, 6.45) is 0.849. The standard InChI is InChI=1S/C18H24N4O5S/c1-3-12(2)19-16(23)11-21-6-8-22(9-7-21)28(26,27)13-4-5-14-15(10-13)18(25)20-17(14)24/h4-5,10,12H,3,6-9,11H2,1-2H3,(H,19,23)(H,20,24,25). The minimum Gasteiger partial charge on any atom is -0.353 e. The Labute approximate surface area is 164 Å².